The Balaban J connectivity index is 1.60. The maximum Gasteiger partial charge on any atom is 0.273 e. The summed E-state index contributed by atoms with van der Waals surface area (Å²) >= 11 is 6.21. The van der Waals surface area contributed by atoms with Crippen molar-refractivity contribution in [3.63, 3.8) is 0 Å². The molecule has 1 saturated heterocycles. The Labute approximate surface area is 145 Å². The number of benzene rings is 1. The topological polar surface area (TPSA) is 41.4 Å². The van der Waals surface area contributed by atoms with E-state index in [1.165, 1.54) is 12.1 Å². The van der Waals surface area contributed by atoms with Crippen molar-refractivity contribution in [2.24, 2.45) is 7.05 Å². The minimum absolute atomic E-state index is 0.0791. The van der Waals surface area contributed by atoms with E-state index in [1.807, 2.05) is 4.90 Å². The van der Waals surface area contributed by atoms with Crippen LogP contribution >= 0.6 is 11.6 Å². The highest BCUT2D eigenvalue weighted by molar-refractivity contribution is 6.34. The predicted molar refractivity (Wildman–Crippen MR) is 90.5 cm³/mol. The highest BCUT2D eigenvalue weighted by atomic mass is 35.5. The van der Waals surface area contributed by atoms with Gasteiger partial charge in [-0.25, -0.2) is 4.39 Å². The zero-order valence-electron chi connectivity index (χ0n) is 13.8. The Kier molecular flexibility index (Phi) is 4.87. The van der Waals surface area contributed by atoms with Crippen LogP contribution in [0.4, 0.5) is 4.39 Å². The quantitative estimate of drug-likeness (QED) is 0.854. The Bertz CT molecular complexity index is 736. The summed E-state index contributed by atoms with van der Waals surface area (Å²) in [6.07, 6.45) is 0. The van der Waals surface area contributed by atoms with Gasteiger partial charge >= 0.3 is 0 Å². The van der Waals surface area contributed by atoms with Crippen molar-refractivity contribution < 1.29 is 9.18 Å². The van der Waals surface area contributed by atoms with E-state index in [1.54, 1.807) is 30.8 Å². The van der Waals surface area contributed by atoms with Crippen LogP contribution in [-0.4, -0.2) is 51.7 Å². The first-order valence-corrected chi connectivity index (χ1v) is 8.28. The molecule has 0 aliphatic carbocycles. The first-order valence-electron chi connectivity index (χ1n) is 7.91. The van der Waals surface area contributed by atoms with Crippen LogP contribution in [-0.2, 0) is 13.6 Å². The number of nitrogens with zero attached hydrogens (tertiary/aromatic N) is 4. The van der Waals surface area contributed by atoms with Crippen LogP contribution in [0.3, 0.4) is 0 Å². The van der Waals surface area contributed by atoms with E-state index >= 15 is 0 Å². The summed E-state index contributed by atoms with van der Waals surface area (Å²) in [6, 6.07) is 6.54. The van der Waals surface area contributed by atoms with Crippen LogP contribution in [0.2, 0.25) is 5.02 Å². The molecule has 5 nitrogen and oxygen atoms in total. The van der Waals surface area contributed by atoms with E-state index in [0.717, 1.165) is 25.2 Å². The third-order valence-electron chi connectivity index (χ3n) is 4.33. The van der Waals surface area contributed by atoms with Crippen LogP contribution < -0.4 is 0 Å². The molecule has 0 bridgehead atoms. The van der Waals surface area contributed by atoms with Gasteiger partial charge in [0.25, 0.3) is 5.91 Å². The summed E-state index contributed by atoms with van der Waals surface area (Å²) < 4.78 is 14.5. The lowest BCUT2D eigenvalue weighted by atomic mass is 10.2. The maximum absolute atomic E-state index is 13.0. The third kappa shape index (κ3) is 3.44. The number of aryl methyl sites for hydroxylation is 2. The van der Waals surface area contributed by atoms with E-state index in [4.69, 9.17) is 11.6 Å². The second-order valence-electron chi connectivity index (χ2n) is 6.07. The van der Waals surface area contributed by atoms with Gasteiger partial charge in [0.2, 0.25) is 0 Å². The van der Waals surface area contributed by atoms with Gasteiger partial charge in [0.05, 0.1) is 10.7 Å². The summed E-state index contributed by atoms with van der Waals surface area (Å²) in [5.74, 6) is -0.304. The Morgan fingerprint density at radius 1 is 1.21 bits per heavy atom. The Morgan fingerprint density at radius 3 is 2.38 bits per heavy atom. The van der Waals surface area contributed by atoms with Gasteiger partial charge in [-0.05, 0) is 24.6 Å². The van der Waals surface area contributed by atoms with Gasteiger partial charge < -0.3 is 4.90 Å². The molecule has 1 aromatic carbocycles. The predicted octanol–water partition coefficient (Wildman–Crippen LogP) is 2.48. The molecule has 2 aromatic rings. The number of hydrogen-bond donors (Lipinski definition) is 0. The third-order valence-corrected chi connectivity index (χ3v) is 4.78. The second-order valence-corrected chi connectivity index (χ2v) is 6.44. The number of amides is 1. The van der Waals surface area contributed by atoms with Crippen LogP contribution in [0, 0.1) is 12.7 Å². The molecule has 0 N–H and O–H groups in total. The summed E-state index contributed by atoms with van der Waals surface area (Å²) in [7, 11) is 1.73. The van der Waals surface area contributed by atoms with Gasteiger partial charge in [-0.1, -0.05) is 23.7 Å². The van der Waals surface area contributed by atoms with Gasteiger partial charge in [-0.15, -0.1) is 0 Å². The number of rotatable bonds is 3. The SMILES string of the molecule is Cc1nn(C)c(C(=O)N2CCN(Cc3ccc(F)cc3)CC2)c1Cl. The standard InChI is InChI=1S/C17H20ClFN4O/c1-12-15(18)16(21(2)20-12)17(24)23-9-7-22(8-10-23)11-13-3-5-14(19)6-4-13/h3-6H,7-11H2,1-2H3. The van der Waals surface area contributed by atoms with Crippen LogP contribution in [0.25, 0.3) is 0 Å². The fourth-order valence-electron chi connectivity index (χ4n) is 2.97. The smallest absolute Gasteiger partial charge is 0.273 e. The fourth-order valence-corrected chi connectivity index (χ4v) is 3.21. The maximum atomic E-state index is 13.0. The number of halogens is 2. The van der Waals surface area contributed by atoms with Crippen molar-refractivity contribution >= 4 is 17.5 Å². The molecule has 3 rings (SSSR count). The van der Waals surface area contributed by atoms with Crippen molar-refractivity contribution in [1.82, 2.24) is 19.6 Å². The molecule has 1 aliphatic rings. The van der Waals surface area contributed by atoms with Crippen LogP contribution in [0.1, 0.15) is 21.7 Å². The molecule has 1 fully saturated rings. The lowest BCUT2D eigenvalue weighted by molar-refractivity contribution is 0.0618. The van der Waals surface area contributed by atoms with Crippen molar-refractivity contribution in [3.05, 3.63) is 52.1 Å². The molecule has 1 aromatic heterocycles. The van der Waals surface area contributed by atoms with Gasteiger partial charge in [-0.3, -0.25) is 14.4 Å². The zero-order valence-corrected chi connectivity index (χ0v) is 14.6. The molecular weight excluding hydrogens is 331 g/mol. The number of carbonyl (C=O) groups is 1. The Morgan fingerprint density at radius 2 is 1.83 bits per heavy atom. The Hall–Kier alpha value is -1.92. The number of hydrogen-bond acceptors (Lipinski definition) is 3. The first kappa shape index (κ1) is 16.9. The van der Waals surface area contributed by atoms with Crippen LogP contribution in [0.15, 0.2) is 24.3 Å². The van der Waals surface area contributed by atoms with Gasteiger partial charge in [0.1, 0.15) is 11.5 Å². The lowest BCUT2D eigenvalue weighted by Crippen LogP contribution is -2.48. The lowest BCUT2D eigenvalue weighted by Gasteiger charge is -2.34. The van der Waals surface area contributed by atoms with Crippen molar-refractivity contribution in [3.8, 4) is 0 Å². The molecular formula is C17H20ClFN4O. The molecule has 128 valence electrons. The van der Waals surface area contributed by atoms with Crippen molar-refractivity contribution in [2.45, 2.75) is 13.5 Å². The van der Waals surface area contributed by atoms with Crippen molar-refractivity contribution in [1.29, 1.82) is 0 Å². The molecule has 0 saturated carbocycles. The zero-order chi connectivity index (χ0) is 17.3. The minimum Gasteiger partial charge on any atom is -0.335 e. The van der Waals surface area contributed by atoms with Gasteiger partial charge in [0.15, 0.2) is 0 Å². The summed E-state index contributed by atoms with van der Waals surface area (Å²) in [5, 5.41) is 4.63. The van der Waals surface area contributed by atoms with Gasteiger partial charge in [0, 0.05) is 39.8 Å². The summed E-state index contributed by atoms with van der Waals surface area (Å²) in [4.78, 5) is 16.7. The van der Waals surface area contributed by atoms with E-state index in [0.29, 0.717) is 29.5 Å². The summed E-state index contributed by atoms with van der Waals surface area (Å²) in [5.41, 5.74) is 2.18. The second kappa shape index (κ2) is 6.91. The van der Waals surface area contributed by atoms with E-state index in [-0.39, 0.29) is 11.7 Å². The normalized spacial score (nSPS) is 15.8. The number of carbonyl (C=O) groups excluding carboxylic acids is 1. The molecule has 0 unspecified atom stereocenters. The number of aromatic nitrogens is 2. The molecule has 24 heavy (non-hydrogen) atoms. The molecule has 0 spiro atoms. The van der Waals surface area contributed by atoms with E-state index < -0.39 is 0 Å². The van der Waals surface area contributed by atoms with E-state index in [2.05, 4.69) is 10.00 Å². The average Bonchev–Trinajstić information content (AvgIpc) is 2.82. The molecule has 7 heteroatoms. The average molecular weight is 351 g/mol. The van der Waals surface area contributed by atoms with Crippen molar-refractivity contribution in [2.75, 3.05) is 26.2 Å². The fraction of sp³-hybridized carbons (Fsp3) is 0.412. The molecule has 0 atom stereocenters. The monoisotopic (exact) mass is 350 g/mol. The molecule has 1 aliphatic heterocycles. The summed E-state index contributed by atoms with van der Waals surface area (Å²) in [6.45, 7) is 5.38. The molecule has 1 amide bonds. The van der Waals surface area contributed by atoms with Gasteiger partial charge in [-0.2, -0.15) is 5.10 Å². The highest BCUT2D eigenvalue weighted by Gasteiger charge is 2.27. The first-order chi connectivity index (χ1) is 11.5. The largest absolute Gasteiger partial charge is 0.335 e. The van der Waals surface area contributed by atoms with Crippen LogP contribution in [0.5, 0.6) is 0 Å². The number of piperazine rings is 1. The molecule has 2 heterocycles. The van der Waals surface area contributed by atoms with E-state index in [9.17, 15) is 9.18 Å². The molecule has 0 radical (unpaired) electrons. The highest BCUT2D eigenvalue weighted by Crippen LogP contribution is 2.21. The minimum atomic E-state index is -0.225.